The fraction of sp³-hybridized carbons (Fsp3) is 0.290. The third-order valence-corrected chi connectivity index (χ3v) is 7.03. The molecule has 6 nitrogen and oxygen atoms in total. The monoisotopic (exact) mass is 491 g/mol. The molecule has 37 heavy (non-hydrogen) atoms. The van der Waals surface area contributed by atoms with Gasteiger partial charge in [-0.15, -0.1) is 0 Å². The first kappa shape index (κ1) is 24.8. The average Bonchev–Trinajstić information content (AvgIpc) is 3.60. The zero-order valence-corrected chi connectivity index (χ0v) is 21.5. The Hall–Kier alpha value is -3.90. The maximum absolute atomic E-state index is 13.6. The molecule has 0 saturated carbocycles. The summed E-state index contributed by atoms with van der Waals surface area (Å²) in [4.78, 5) is 26.1. The van der Waals surface area contributed by atoms with Gasteiger partial charge in [0.2, 0.25) is 5.91 Å². The number of amides is 1. The van der Waals surface area contributed by atoms with E-state index >= 15 is 0 Å². The minimum Gasteiger partial charge on any atom is -0.303 e. The largest absolute Gasteiger partial charge is 0.303 e. The van der Waals surface area contributed by atoms with Gasteiger partial charge in [0.15, 0.2) is 6.17 Å². The number of hydrazone groups is 1. The summed E-state index contributed by atoms with van der Waals surface area (Å²) in [5.41, 5.74) is 5.63. The summed E-state index contributed by atoms with van der Waals surface area (Å²) in [6.45, 7) is 6.80. The van der Waals surface area contributed by atoms with Crippen molar-refractivity contribution in [3.05, 3.63) is 108 Å². The first-order chi connectivity index (χ1) is 18.2. The minimum atomic E-state index is -0.334. The first-order valence-electron chi connectivity index (χ1n) is 13.1. The van der Waals surface area contributed by atoms with E-state index in [4.69, 9.17) is 15.1 Å². The van der Waals surface area contributed by atoms with Gasteiger partial charge in [-0.1, -0.05) is 105 Å². The van der Waals surface area contributed by atoms with Crippen molar-refractivity contribution in [2.24, 2.45) is 15.1 Å². The molecule has 188 valence electrons. The van der Waals surface area contributed by atoms with Crippen LogP contribution in [-0.4, -0.2) is 58.6 Å². The van der Waals surface area contributed by atoms with Gasteiger partial charge in [0.1, 0.15) is 6.04 Å². The molecule has 2 aliphatic heterocycles. The number of aliphatic imine (C=N–C) groups is 2. The van der Waals surface area contributed by atoms with Gasteiger partial charge in [0.25, 0.3) is 0 Å². The first-order valence-corrected chi connectivity index (χ1v) is 13.1. The van der Waals surface area contributed by atoms with Crippen LogP contribution in [-0.2, 0) is 4.79 Å². The summed E-state index contributed by atoms with van der Waals surface area (Å²) in [7, 11) is 0. The lowest BCUT2D eigenvalue weighted by Gasteiger charge is -2.24. The van der Waals surface area contributed by atoms with Crippen LogP contribution >= 0.6 is 0 Å². The molecule has 6 heteroatoms. The Balaban J connectivity index is 1.52. The van der Waals surface area contributed by atoms with E-state index in [1.807, 2.05) is 54.6 Å². The Bertz CT molecular complexity index is 1300. The standard InChI is InChI=1S/C31H33N5O/c1-3-35(4-2)21-20-28(37)36-27(22-26(34-36)23-14-8-5-9-15-23)30-29(24-16-10-6-11-17-24)32-31(33-30)25-18-12-7-13-19-25/h5-19,27,31H,3-4,20-22H2,1-2H3/t27-,31+/m1/s1. The second-order valence-corrected chi connectivity index (χ2v) is 9.29. The van der Waals surface area contributed by atoms with Gasteiger partial charge < -0.3 is 4.90 Å². The number of benzene rings is 3. The number of carbonyl (C=O) groups is 1. The second-order valence-electron chi connectivity index (χ2n) is 9.29. The highest BCUT2D eigenvalue weighted by Gasteiger charge is 2.40. The van der Waals surface area contributed by atoms with E-state index in [0.717, 1.165) is 46.9 Å². The molecule has 0 radical (unpaired) electrons. The molecule has 0 aliphatic carbocycles. The van der Waals surface area contributed by atoms with Gasteiger partial charge in [-0.05, 0) is 24.2 Å². The number of hydrogen-bond donors (Lipinski definition) is 0. The van der Waals surface area contributed by atoms with Gasteiger partial charge in [0, 0.05) is 24.9 Å². The molecule has 3 aromatic rings. The molecule has 0 unspecified atom stereocenters. The molecule has 0 fully saturated rings. The van der Waals surface area contributed by atoms with Gasteiger partial charge in [-0.3, -0.25) is 14.8 Å². The highest BCUT2D eigenvalue weighted by molar-refractivity contribution is 6.51. The van der Waals surface area contributed by atoms with E-state index in [-0.39, 0.29) is 18.1 Å². The van der Waals surface area contributed by atoms with E-state index in [1.165, 1.54) is 0 Å². The van der Waals surface area contributed by atoms with E-state index in [1.54, 1.807) is 5.01 Å². The summed E-state index contributed by atoms with van der Waals surface area (Å²) in [6.07, 6.45) is 0.685. The highest BCUT2D eigenvalue weighted by atomic mass is 16.2. The molecule has 2 heterocycles. The predicted molar refractivity (Wildman–Crippen MR) is 150 cm³/mol. The molecular formula is C31H33N5O. The van der Waals surface area contributed by atoms with Gasteiger partial charge in [-0.25, -0.2) is 5.01 Å². The van der Waals surface area contributed by atoms with Crippen molar-refractivity contribution in [1.29, 1.82) is 0 Å². The van der Waals surface area contributed by atoms with Crippen molar-refractivity contribution in [3.63, 3.8) is 0 Å². The van der Waals surface area contributed by atoms with Crippen LogP contribution in [0.1, 0.15) is 49.5 Å². The smallest absolute Gasteiger partial charge is 0.244 e. The van der Waals surface area contributed by atoms with Crippen molar-refractivity contribution in [1.82, 2.24) is 9.91 Å². The molecule has 2 aliphatic rings. The zero-order chi connectivity index (χ0) is 25.6. The SMILES string of the molecule is CCN(CC)CCC(=O)N1N=C(c2ccccc2)C[C@@H]1C1=N[C@@H](c2ccccc2)N=C1c1ccccc1. The Kier molecular flexibility index (Phi) is 7.66. The molecule has 0 spiro atoms. The van der Waals surface area contributed by atoms with Crippen molar-refractivity contribution >= 4 is 23.0 Å². The normalized spacial score (nSPS) is 19.1. The molecule has 5 rings (SSSR count). The van der Waals surface area contributed by atoms with E-state index in [0.29, 0.717) is 19.4 Å². The van der Waals surface area contributed by atoms with E-state index in [2.05, 4.69) is 55.1 Å². The van der Waals surface area contributed by atoms with Crippen molar-refractivity contribution in [3.8, 4) is 0 Å². The van der Waals surface area contributed by atoms with Crippen LogP contribution in [0.15, 0.2) is 106 Å². The summed E-state index contributed by atoms with van der Waals surface area (Å²) in [5, 5.41) is 6.56. The highest BCUT2D eigenvalue weighted by Crippen LogP contribution is 2.31. The van der Waals surface area contributed by atoms with Crippen LogP contribution in [0.3, 0.4) is 0 Å². The third kappa shape index (κ3) is 5.44. The lowest BCUT2D eigenvalue weighted by Crippen LogP contribution is -2.42. The van der Waals surface area contributed by atoms with Crippen LogP contribution in [0.25, 0.3) is 0 Å². The van der Waals surface area contributed by atoms with Crippen LogP contribution < -0.4 is 0 Å². The maximum atomic E-state index is 13.6. The molecule has 2 atom stereocenters. The summed E-state index contributed by atoms with van der Waals surface area (Å²) in [5.74, 6) is 0.0149. The Morgan fingerprint density at radius 2 is 1.43 bits per heavy atom. The quantitative estimate of drug-likeness (QED) is 0.404. The number of rotatable bonds is 9. The van der Waals surface area contributed by atoms with Crippen molar-refractivity contribution in [2.45, 2.75) is 38.9 Å². The maximum Gasteiger partial charge on any atom is 0.244 e. The average molecular weight is 492 g/mol. The Labute approximate surface area is 219 Å². The molecule has 1 amide bonds. The fourth-order valence-corrected chi connectivity index (χ4v) is 4.91. The third-order valence-electron chi connectivity index (χ3n) is 7.03. The molecular weight excluding hydrogens is 458 g/mol. The van der Waals surface area contributed by atoms with Crippen LogP contribution in [0.4, 0.5) is 0 Å². The van der Waals surface area contributed by atoms with Crippen LogP contribution in [0, 0.1) is 0 Å². The van der Waals surface area contributed by atoms with Crippen LogP contribution in [0.5, 0.6) is 0 Å². The predicted octanol–water partition coefficient (Wildman–Crippen LogP) is 5.37. The molecule has 3 aromatic carbocycles. The van der Waals surface area contributed by atoms with E-state index in [9.17, 15) is 4.79 Å². The zero-order valence-electron chi connectivity index (χ0n) is 21.5. The van der Waals surface area contributed by atoms with E-state index < -0.39 is 0 Å². The van der Waals surface area contributed by atoms with Crippen molar-refractivity contribution in [2.75, 3.05) is 19.6 Å². The van der Waals surface area contributed by atoms with Gasteiger partial charge >= 0.3 is 0 Å². The fourth-order valence-electron chi connectivity index (χ4n) is 4.91. The lowest BCUT2D eigenvalue weighted by molar-refractivity contribution is -0.132. The summed E-state index contributed by atoms with van der Waals surface area (Å²) in [6, 6.07) is 30.1. The molecule has 0 N–H and O–H groups in total. The lowest BCUT2D eigenvalue weighted by atomic mass is 9.95. The molecule has 0 aromatic heterocycles. The minimum absolute atomic E-state index is 0.0149. The molecule has 0 saturated heterocycles. The number of hydrogen-bond acceptors (Lipinski definition) is 5. The summed E-state index contributed by atoms with van der Waals surface area (Å²) < 4.78 is 0. The summed E-state index contributed by atoms with van der Waals surface area (Å²) >= 11 is 0. The Morgan fingerprint density at radius 1 is 0.838 bits per heavy atom. The van der Waals surface area contributed by atoms with Crippen molar-refractivity contribution < 1.29 is 4.79 Å². The molecule has 0 bridgehead atoms. The number of nitrogens with zero attached hydrogens (tertiary/aromatic N) is 5. The number of carbonyl (C=O) groups excluding carboxylic acids is 1. The second kappa shape index (κ2) is 11.4. The Morgan fingerprint density at radius 3 is 2.05 bits per heavy atom. The van der Waals surface area contributed by atoms with Gasteiger partial charge in [-0.2, -0.15) is 5.10 Å². The van der Waals surface area contributed by atoms with Crippen LogP contribution in [0.2, 0.25) is 0 Å². The van der Waals surface area contributed by atoms with Gasteiger partial charge in [0.05, 0.1) is 17.1 Å². The topological polar surface area (TPSA) is 60.6 Å².